The number of aliphatic hydroxyl groups excluding tert-OH is 1. The Kier molecular flexibility index (Phi) is 4.25. The lowest BCUT2D eigenvalue weighted by Gasteiger charge is -2.21. The molecule has 2 aliphatic rings. The van der Waals surface area contributed by atoms with E-state index in [1.54, 1.807) is 0 Å². The molecule has 1 aromatic rings. The van der Waals surface area contributed by atoms with E-state index in [0.29, 0.717) is 18.9 Å². The van der Waals surface area contributed by atoms with Crippen LogP contribution in [0.2, 0.25) is 0 Å². The molecule has 0 spiro atoms. The quantitative estimate of drug-likeness (QED) is 0.747. The van der Waals surface area contributed by atoms with E-state index in [4.69, 9.17) is 0 Å². The van der Waals surface area contributed by atoms with Gasteiger partial charge in [-0.25, -0.2) is 4.79 Å². The van der Waals surface area contributed by atoms with Crippen LogP contribution in [-0.2, 0) is 6.42 Å². The molecule has 4 nitrogen and oxygen atoms in total. The Balaban J connectivity index is 1.54. The number of carbonyl (C=O) groups is 1. The van der Waals surface area contributed by atoms with Crippen molar-refractivity contribution in [2.24, 2.45) is 5.92 Å². The summed E-state index contributed by atoms with van der Waals surface area (Å²) in [6.07, 6.45) is 7.72. The number of aliphatic hydroxyl groups is 1. The number of amides is 2. The molecule has 0 saturated heterocycles. The summed E-state index contributed by atoms with van der Waals surface area (Å²) in [4.78, 5) is 12.0. The van der Waals surface area contributed by atoms with Gasteiger partial charge >= 0.3 is 6.03 Å². The van der Waals surface area contributed by atoms with E-state index in [1.807, 2.05) is 24.3 Å². The van der Waals surface area contributed by atoms with Crippen molar-refractivity contribution >= 4 is 6.03 Å². The number of carbonyl (C=O) groups excluding carboxylic acids is 1. The van der Waals surface area contributed by atoms with Crippen molar-refractivity contribution in [3.63, 3.8) is 0 Å². The number of nitrogens with one attached hydrogen (secondary N) is 2. The minimum absolute atomic E-state index is 0.190. The van der Waals surface area contributed by atoms with Crippen molar-refractivity contribution in [3.8, 4) is 0 Å². The van der Waals surface area contributed by atoms with Crippen molar-refractivity contribution in [3.05, 3.63) is 47.5 Å². The lowest BCUT2D eigenvalue weighted by molar-refractivity contribution is 0.142. The molecular weight excluding hydrogens is 264 g/mol. The van der Waals surface area contributed by atoms with Crippen LogP contribution in [0.25, 0.3) is 0 Å². The summed E-state index contributed by atoms with van der Waals surface area (Å²) >= 11 is 0. The molecule has 0 saturated carbocycles. The Morgan fingerprint density at radius 3 is 2.95 bits per heavy atom. The maximum Gasteiger partial charge on any atom is 0.315 e. The predicted molar refractivity (Wildman–Crippen MR) is 81.9 cm³/mol. The van der Waals surface area contributed by atoms with E-state index in [1.165, 1.54) is 0 Å². The normalized spacial score (nSPS) is 27.2. The summed E-state index contributed by atoms with van der Waals surface area (Å²) in [5.41, 5.74) is 2.15. The molecule has 0 bridgehead atoms. The van der Waals surface area contributed by atoms with Crippen molar-refractivity contribution in [2.45, 2.75) is 37.8 Å². The summed E-state index contributed by atoms with van der Waals surface area (Å²) in [5.74, 6) is 0.529. The molecule has 1 aromatic carbocycles. The lowest BCUT2D eigenvalue weighted by Crippen LogP contribution is -2.42. The molecule has 0 unspecified atom stereocenters. The maximum absolute atomic E-state index is 12.0. The first-order valence-electron chi connectivity index (χ1n) is 7.69. The van der Waals surface area contributed by atoms with Gasteiger partial charge in [-0.2, -0.15) is 0 Å². The molecule has 0 heterocycles. The first-order valence-corrected chi connectivity index (χ1v) is 7.69. The fourth-order valence-corrected chi connectivity index (χ4v) is 3.22. The first-order chi connectivity index (χ1) is 10.2. The van der Waals surface area contributed by atoms with Gasteiger partial charge in [0.15, 0.2) is 0 Å². The van der Waals surface area contributed by atoms with Crippen LogP contribution in [-0.4, -0.2) is 23.8 Å². The van der Waals surface area contributed by atoms with E-state index in [0.717, 1.165) is 30.4 Å². The summed E-state index contributed by atoms with van der Waals surface area (Å²) in [6.45, 7) is 0.695. The zero-order valence-electron chi connectivity index (χ0n) is 12.1. The Hall–Kier alpha value is -1.81. The summed E-state index contributed by atoms with van der Waals surface area (Å²) in [7, 11) is 0. The number of benzene rings is 1. The van der Waals surface area contributed by atoms with Crippen LogP contribution in [0, 0.1) is 5.92 Å². The first kappa shape index (κ1) is 14.1. The Bertz CT molecular complexity index is 541. The van der Waals surface area contributed by atoms with Gasteiger partial charge in [0.25, 0.3) is 0 Å². The minimum Gasteiger partial charge on any atom is -0.390 e. The van der Waals surface area contributed by atoms with Crippen LogP contribution in [0.15, 0.2) is 36.4 Å². The third-order valence-electron chi connectivity index (χ3n) is 4.42. The highest BCUT2D eigenvalue weighted by molar-refractivity contribution is 5.74. The van der Waals surface area contributed by atoms with Crippen LogP contribution >= 0.6 is 0 Å². The molecule has 2 aliphatic carbocycles. The van der Waals surface area contributed by atoms with Crippen LogP contribution in [0.5, 0.6) is 0 Å². The molecule has 112 valence electrons. The third kappa shape index (κ3) is 3.27. The molecule has 0 fully saturated rings. The van der Waals surface area contributed by atoms with E-state index < -0.39 is 6.10 Å². The van der Waals surface area contributed by atoms with Crippen molar-refractivity contribution in [1.82, 2.24) is 10.6 Å². The smallest absolute Gasteiger partial charge is 0.315 e. The molecule has 0 aromatic heterocycles. The number of urea groups is 1. The van der Waals surface area contributed by atoms with Gasteiger partial charge in [0.05, 0.1) is 12.1 Å². The van der Waals surface area contributed by atoms with E-state index in [-0.39, 0.29) is 12.1 Å². The number of allylic oxidation sites excluding steroid dienone is 2. The number of rotatable bonds is 3. The number of fused-ring (bicyclic) bond motifs is 1. The molecule has 2 amide bonds. The van der Waals surface area contributed by atoms with E-state index in [2.05, 4.69) is 22.8 Å². The zero-order valence-corrected chi connectivity index (χ0v) is 12.1. The average Bonchev–Trinajstić information content (AvgIpc) is 2.82. The Morgan fingerprint density at radius 1 is 1.29 bits per heavy atom. The fraction of sp³-hybridized carbons (Fsp3) is 0.471. The predicted octanol–water partition coefficient (Wildman–Crippen LogP) is 2.30. The fourth-order valence-electron chi connectivity index (χ4n) is 3.22. The van der Waals surface area contributed by atoms with Crippen LogP contribution < -0.4 is 10.6 Å². The van der Waals surface area contributed by atoms with E-state index >= 15 is 0 Å². The molecule has 0 aliphatic heterocycles. The molecule has 3 atom stereocenters. The summed E-state index contributed by atoms with van der Waals surface area (Å²) < 4.78 is 0. The van der Waals surface area contributed by atoms with Crippen LogP contribution in [0.4, 0.5) is 4.79 Å². The van der Waals surface area contributed by atoms with Crippen molar-refractivity contribution in [1.29, 1.82) is 0 Å². The minimum atomic E-state index is -0.536. The highest BCUT2D eigenvalue weighted by atomic mass is 16.3. The zero-order chi connectivity index (χ0) is 14.7. The van der Waals surface area contributed by atoms with Crippen molar-refractivity contribution in [2.75, 3.05) is 6.54 Å². The van der Waals surface area contributed by atoms with Gasteiger partial charge in [0.1, 0.15) is 0 Å². The monoisotopic (exact) mass is 286 g/mol. The molecule has 4 heteroatoms. The third-order valence-corrected chi connectivity index (χ3v) is 4.42. The number of hydrogen-bond acceptors (Lipinski definition) is 2. The molecule has 3 rings (SSSR count). The molecule has 0 radical (unpaired) electrons. The van der Waals surface area contributed by atoms with Gasteiger partial charge < -0.3 is 15.7 Å². The SMILES string of the molecule is O=C(NC[C@H]1CC=CCC1)N[C@H]1c2ccccc2C[C@H]1O. The highest BCUT2D eigenvalue weighted by Gasteiger charge is 2.31. The Labute approximate surface area is 125 Å². The maximum atomic E-state index is 12.0. The Morgan fingerprint density at radius 2 is 2.14 bits per heavy atom. The van der Waals surface area contributed by atoms with Gasteiger partial charge in [0, 0.05) is 13.0 Å². The largest absolute Gasteiger partial charge is 0.390 e. The lowest BCUT2D eigenvalue weighted by atomic mass is 9.94. The van der Waals surface area contributed by atoms with Gasteiger partial charge in [-0.3, -0.25) is 0 Å². The second-order valence-electron chi connectivity index (χ2n) is 5.95. The molecule has 3 N–H and O–H groups in total. The topological polar surface area (TPSA) is 61.4 Å². The van der Waals surface area contributed by atoms with E-state index in [9.17, 15) is 9.90 Å². The van der Waals surface area contributed by atoms with Gasteiger partial charge in [-0.15, -0.1) is 0 Å². The standard InChI is InChI=1S/C17H22N2O2/c20-15-10-13-8-4-5-9-14(13)16(15)19-17(21)18-11-12-6-2-1-3-7-12/h1-2,4-5,8-9,12,15-16,20H,3,6-7,10-11H2,(H2,18,19,21)/t12-,15+,16-/m0/s1. The van der Waals surface area contributed by atoms with Gasteiger partial charge in [0.2, 0.25) is 0 Å². The summed E-state index contributed by atoms with van der Waals surface area (Å²) in [5, 5.41) is 16.0. The molecule has 21 heavy (non-hydrogen) atoms. The van der Waals surface area contributed by atoms with Crippen molar-refractivity contribution < 1.29 is 9.90 Å². The summed E-state index contributed by atoms with van der Waals surface area (Å²) in [6, 6.07) is 7.40. The second kappa shape index (κ2) is 6.31. The average molecular weight is 286 g/mol. The number of hydrogen-bond donors (Lipinski definition) is 3. The van der Waals surface area contributed by atoms with Crippen LogP contribution in [0.3, 0.4) is 0 Å². The molecular formula is C17H22N2O2. The van der Waals surface area contributed by atoms with Gasteiger partial charge in [-0.05, 0) is 36.3 Å². The van der Waals surface area contributed by atoms with Crippen LogP contribution in [0.1, 0.15) is 36.4 Å². The highest BCUT2D eigenvalue weighted by Crippen LogP contribution is 2.31. The van der Waals surface area contributed by atoms with Gasteiger partial charge in [-0.1, -0.05) is 36.4 Å². The second-order valence-corrected chi connectivity index (χ2v) is 5.95.